The lowest BCUT2D eigenvalue weighted by Gasteiger charge is -2.45. The van der Waals surface area contributed by atoms with Crippen LogP contribution in [0, 0.1) is 17.2 Å². The van der Waals surface area contributed by atoms with Gasteiger partial charge in [0.15, 0.2) is 5.72 Å². The third-order valence-corrected chi connectivity index (χ3v) is 7.72. The first kappa shape index (κ1) is 29.0. The number of nitrogens with zero attached hydrogens (tertiary/aromatic N) is 1. The van der Waals surface area contributed by atoms with Crippen LogP contribution in [-0.4, -0.2) is 36.5 Å². The fourth-order valence-electron chi connectivity index (χ4n) is 4.65. The number of amides is 1. The van der Waals surface area contributed by atoms with Crippen molar-refractivity contribution in [2.75, 3.05) is 24.8 Å². The molecule has 206 valence electrons. The Morgan fingerprint density at radius 3 is 2.50 bits per heavy atom. The van der Waals surface area contributed by atoms with Gasteiger partial charge in [0.1, 0.15) is 11.7 Å². The van der Waals surface area contributed by atoms with Crippen LogP contribution < -0.4 is 15.4 Å². The number of hydrogen-bond acceptors (Lipinski definition) is 8. The summed E-state index contributed by atoms with van der Waals surface area (Å²) in [5.41, 5.74) is -0.209. The van der Waals surface area contributed by atoms with Crippen molar-refractivity contribution in [2.24, 2.45) is 5.92 Å². The molecule has 3 N–H and O–H groups in total. The standard InChI is InChI=1S/C30H28ClN3O5S/c1-3-39-29(36)27-26(19-12-14-21(31)15-13-19)24(17-32)28(34-30(27,37)20-8-5-4-6-9-20)40-18-25(35)33-22-10-7-11-23(16-22)38-2/h4-16,26-27,34,37H,3,18H2,1-2H3,(H,33,35)/t26-,27-,30+/m1/s1. The van der Waals surface area contributed by atoms with Gasteiger partial charge in [-0.1, -0.05) is 71.9 Å². The Labute approximate surface area is 241 Å². The number of allylic oxidation sites excluding steroid dienone is 1. The molecule has 10 heteroatoms. The molecule has 0 spiro atoms. The molecule has 40 heavy (non-hydrogen) atoms. The minimum absolute atomic E-state index is 0.0764. The molecule has 0 bridgehead atoms. The quantitative estimate of drug-likeness (QED) is 0.298. The second-order valence-corrected chi connectivity index (χ2v) is 10.4. The van der Waals surface area contributed by atoms with Gasteiger partial charge in [-0.15, -0.1) is 0 Å². The van der Waals surface area contributed by atoms with E-state index >= 15 is 0 Å². The molecule has 0 aliphatic carbocycles. The molecule has 0 aromatic heterocycles. The minimum Gasteiger partial charge on any atom is -0.497 e. The SMILES string of the molecule is CCOC(=O)[C@H]1[C@H](c2ccc(Cl)cc2)C(C#N)=C(SCC(=O)Nc2cccc(OC)c2)N[C@]1(O)c1ccccc1. The molecule has 0 unspecified atom stereocenters. The van der Waals surface area contributed by atoms with Gasteiger partial charge in [-0.25, -0.2) is 0 Å². The highest BCUT2D eigenvalue weighted by molar-refractivity contribution is 8.03. The zero-order valence-corrected chi connectivity index (χ0v) is 23.5. The Morgan fingerprint density at radius 1 is 1.12 bits per heavy atom. The first-order valence-corrected chi connectivity index (χ1v) is 13.9. The molecule has 0 saturated heterocycles. The third-order valence-electron chi connectivity index (χ3n) is 6.45. The molecule has 1 aliphatic heterocycles. The summed E-state index contributed by atoms with van der Waals surface area (Å²) in [4.78, 5) is 26.3. The number of hydrogen-bond donors (Lipinski definition) is 3. The Kier molecular flexibility index (Phi) is 9.38. The average molecular weight is 578 g/mol. The highest BCUT2D eigenvalue weighted by Crippen LogP contribution is 2.49. The fraction of sp³-hybridized carbons (Fsp3) is 0.233. The van der Waals surface area contributed by atoms with Crippen LogP contribution in [0.5, 0.6) is 5.75 Å². The van der Waals surface area contributed by atoms with Gasteiger partial charge in [0.05, 0.1) is 36.1 Å². The second kappa shape index (κ2) is 12.9. The van der Waals surface area contributed by atoms with Gasteiger partial charge < -0.3 is 25.2 Å². The van der Waals surface area contributed by atoms with E-state index in [0.29, 0.717) is 27.6 Å². The van der Waals surface area contributed by atoms with Crippen molar-refractivity contribution in [3.05, 3.63) is 106 Å². The molecule has 4 rings (SSSR count). The summed E-state index contributed by atoms with van der Waals surface area (Å²) in [5.74, 6) is -2.60. The number of carbonyl (C=O) groups excluding carboxylic acids is 2. The Balaban J connectivity index is 1.76. The van der Waals surface area contributed by atoms with E-state index in [2.05, 4.69) is 16.7 Å². The van der Waals surface area contributed by atoms with Crippen molar-refractivity contribution in [1.29, 1.82) is 5.26 Å². The third kappa shape index (κ3) is 6.26. The van der Waals surface area contributed by atoms with Crippen LogP contribution in [0.25, 0.3) is 0 Å². The highest BCUT2D eigenvalue weighted by Gasteiger charge is 2.54. The van der Waals surface area contributed by atoms with E-state index in [4.69, 9.17) is 21.1 Å². The Morgan fingerprint density at radius 2 is 1.85 bits per heavy atom. The van der Waals surface area contributed by atoms with Gasteiger partial charge in [-0.2, -0.15) is 5.26 Å². The van der Waals surface area contributed by atoms with E-state index in [9.17, 15) is 20.0 Å². The van der Waals surface area contributed by atoms with Crippen LogP contribution in [-0.2, 0) is 20.1 Å². The van der Waals surface area contributed by atoms with E-state index in [1.807, 2.05) is 0 Å². The number of halogens is 1. The van der Waals surface area contributed by atoms with Crippen LogP contribution >= 0.6 is 23.4 Å². The van der Waals surface area contributed by atoms with Crippen LogP contribution in [0.1, 0.15) is 24.0 Å². The number of esters is 1. The maximum atomic E-state index is 13.5. The number of rotatable bonds is 9. The molecule has 3 atom stereocenters. The predicted octanol–water partition coefficient (Wildman–Crippen LogP) is 5.17. The van der Waals surface area contributed by atoms with Crippen molar-refractivity contribution in [3.8, 4) is 11.8 Å². The van der Waals surface area contributed by atoms with E-state index < -0.39 is 23.5 Å². The lowest BCUT2D eigenvalue weighted by atomic mass is 9.71. The highest BCUT2D eigenvalue weighted by atomic mass is 35.5. The minimum atomic E-state index is -1.95. The van der Waals surface area contributed by atoms with E-state index in [-0.39, 0.29) is 28.9 Å². The smallest absolute Gasteiger partial charge is 0.315 e. The molecule has 1 amide bonds. The Hall–Kier alpha value is -3.97. The largest absolute Gasteiger partial charge is 0.497 e. The van der Waals surface area contributed by atoms with Gasteiger partial charge >= 0.3 is 5.97 Å². The van der Waals surface area contributed by atoms with Gasteiger partial charge in [0.25, 0.3) is 0 Å². The second-order valence-electron chi connectivity index (χ2n) is 8.94. The number of nitrogens with one attached hydrogen (secondary N) is 2. The molecule has 0 radical (unpaired) electrons. The van der Waals surface area contributed by atoms with Gasteiger partial charge in [0, 0.05) is 28.3 Å². The maximum absolute atomic E-state index is 13.5. The number of benzene rings is 3. The summed E-state index contributed by atoms with van der Waals surface area (Å²) in [6, 6.07) is 24.6. The summed E-state index contributed by atoms with van der Waals surface area (Å²) in [5, 5.41) is 29.2. The van der Waals surface area contributed by atoms with Crippen molar-refractivity contribution >= 4 is 40.9 Å². The van der Waals surface area contributed by atoms with Gasteiger partial charge in [0.2, 0.25) is 5.91 Å². The van der Waals surface area contributed by atoms with Crippen molar-refractivity contribution < 1.29 is 24.2 Å². The fourth-order valence-corrected chi connectivity index (χ4v) is 5.68. The maximum Gasteiger partial charge on any atom is 0.315 e. The number of nitriles is 1. The molecule has 1 aliphatic rings. The number of anilines is 1. The molecule has 0 fully saturated rings. The molecule has 3 aromatic rings. The molecular formula is C30H28ClN3O5S. The summed E-state index contributed by atoms with van der Waals surface area (Å²) in [6.07, 6.45) is 0. The normalized spacial score (nSPS) is 20.2. The number of thioether (sulfide) groups is 1. The van der Waals surface area contributed by atoms with Gasteiger partial charge in [-0.3, -0.25) is 9.59 Å². The summed E-state index contributed by atoms with van der Waals surface area (Å²) >= 11 is 7.19. The van der Waals surface area contributed by atoms with E-state index in [1.165, 1.54) is 7.11 Å². The molecule has 3 aromatic carbocycles. The average Bonchev–Trinajstić information content (AvgIpc) is 2.96. The summed E-state index contributed by atoms with van der Waals surface area (Å²) in [6.45, 7) is 1.77. The Bertz CT molecular complexity index is 1440. The number of methoxy groups -OCH3 is 1. The zero-order chi connectivity index (χ0) is 28.7. The first-order valence-electron chi connectivity index (χ1n) is 12.5. The number of aliphatic hydroxyl groups is 1. The first-order chi connectivity index (χ1) is 19.3. The van der Waals surface area contributed by atoms with Gasteiger partial charge in [-0.05, 0) is 36.8 Å². The van der Waals surface area contributed by atoms with Crippen LogP contribution in [0.4, 0.5) is 5.69 Å². The van der Waals surface area contributed by atoms with E-state index in [1.54, 1.807) is 85.8 Å². The monoisotopic (exact) mass is 577 g/mol. The van der Waals surface area contributed by atoms with Crippen molar-refractivity contribution in [1.82, 2.24) is 5.32 Å². The molecule has 1 heterocycles. The summed E-state index contributed by atoms with van der Waals surface area (Å²) in [7, 11) is 1.54. The van der Waals surface area contributed by atoms with Crippen LogP contribution in [0.3, 0.4) is 0 Å². The predicted molar refractivity (Wildman–Crippen MR) is 155 cm³/mol. The van der Waals surface area contributed by atoms with Crippen LogP contribution in [0.2, 0.25) is 5.02 Å². The van der Waals surface area contributed by atoms with Crippen molar-refractivity contribution in [3.63, 3.8) is 0 Å². The molecule has 0 saturated carbocycles. The summed E-state index contributed by atoms with van der Waals surface area (Å²) < 4.78 is 10.6. The zero-order valence-electron chi connectivity index (χ0n) is 21.9. The lowest BCUT2D eigenvalue weighted by molar-refractivity contribution is -0.164. The topological polar surface area (TPSA) is 121 Å². The lowest BCUT2D eigenvalue weighted by Crippen LogP contribution is -2.56. The molecule has 8 nitrogen and oxygen atoms in total. The van der Waals surface area contributed by atoms with Crippen LogP contribution in [0.15, 0.2) is 89.5 Å². The number of carbonyl (C=O) groups is 2. The molecular weight excluding hydrogens is 550 g/mol. The number of ether oxygens (including phenoxy) is 2. The van der Waals surface area contributed by atoms with Crippen molar-refractivity contribution in [2.45, 2.75) is 18.6 Å². The van der Waals surface area contributed by atoms with E-state index in [0.717, 1.165) is 11.8 Å².